The molecule has 2 aromatic rings. The summed E-state index contributed by atoms with van der Waals surface area (Å²) in [6.07, 6.45) is 4.78. The Morgan fingerprint density at radius 2 is 2.26 bits per heavy atom. The molecule has 6 heteroatoms. The molecule has 0 aliphatic carbocycles. The fourth-order valence-corrected chi connectivity index (χ4v) is 3.38. The quantitative estimate of drug-likeness (QED) is 0.481. The fraction of sp³-hybridized carbons (Fsp3) is 0.308. The number of halogens is 1. The normalized spacial score (nSPS) is 12.6. The van der Waals surface area contributed by atoms with Crippen LogP contribution in [0.1, 0.15) is 5.56 Å². The molecule has 1 aromatic carbocycles. The molecule has 0 fully saturated rings. The molecule has 2 rings (SSSR count). The first-order valence-corrected chi connectivity index (χ1v) is 7.78. The van der Waals surface area contributed by atoms with Crippen molar-refractivity contribution in [2.45, 2.75) is 17.4 Å². The number of nitrogens with zero attached hydrogens (tertiary/aromatic N) is 2. The van der Waals surface area contributed by atoms with Gasteiger partial charge in [0.25, 0.3) is 0 Å². The van der Waals surface area contributed by atoms with Crippen molar-refractivity contribution in [3.05, 3.63) is 46.7 Å². The van der Waals surface area contributed by atoms with Crippen LogP contribution in [-0.2, 0) is 13.5 Å². The number of aromatic nitrogens is 2. The van der Waals surface area contributed by atoms with Gasteiger partial charge in [-0.3, -0.25) is 16.0 Å². The zero-order valence-corrected chi connectivity index (χ0v) is 13.1. The molecule has 1 unspecified atom stereocenters. The van der Waals surface area contributed by atoms with E-state index in [2.05, 4.69) is 32.5 Å². The standard InChI is InChI=1S/C13H17BrN4S/c1-18-8-10(7-16-18)6-11(17-15)9-19-13-5-3-2-4-12(13)14/h2-5,7-8,11,17H,6,9,15H2,1H3. The van der Waals surface area contributed by atoms with Gasteiger partial charge in [0.1, 0.15) is 0 Å². The summed E-state index contributed by atoms with van der Waals surface area (Å²) < 4.78 is 2.93. The van der Waals surface area contributed by atoms with Crippen LogP contribution in [0.3, 0.4) is 0 Å². The number of nitrogens with two attached hydrogens (primary N) is 1. The van der Waals surface area contributed by atoms with Crippen molar-refractivity contribution >= 4 is 27.7 Å². The van der Waals surface area contributed by atoms with Crippen molar-refractivity contribution in [3.8, 4) is 0 Å². The van der Waals surface area contributed by atoms with Crippen LogP contribution in [0, 0.1) is 0 Å². The van der Waals surface area contributed by atoms with Crippen LogP contribution in [0.15, 0.2) is 46.0 Å². The molecule has 0 bridgehead atoms. The van der Waals surface area contributed by atoms with Crippen molar-refractivity contribution in [1.82, 2.24) is 15.2 Å². The van der Waals surface area contributed by atoms with Crippen molar-refractivity contribution in [2.24, 2.45) is 12.9 Å². The van der Waals surface area contributed by atoms with Crippen LogP contribution in [0.25, 0.3) is 0 Å². The molecule has 1 heterocycles. The van der Waals surface area contributed by atoms with Gasteiger partial charge in [0, 0.05) is 34.4 Å². The largest absolute Gasteiger partial charge is 0.276 e. The molecular formula is C13H17BrN4S. The Balaban J connectivity index is 1.91. The molecule has 3 N–H and O–H groups in total. The molecule has 0 amide bonds. The average molecular weight is 341 g/mol. The minimum atomic E-state index is 0.223. The van der Waals surface area contributed by atoms with Crippen LogP contribution in [-0.4, -0.2) is 21.6 Å². The molecule has 0 aliphatic heterocycles. The van der Waals surface area contributed by atoms with E-state index in [-0.39, 0.29) is 6.04 Å². The smallest absolute Gasteiger partial charge is 0.0522 e. The SMILES string of the molecule is Cn1cc(CC(CSc2ccccc2Br)NN)cn1. The van der Waals surface area contributed by atoms with E-state index in [0.717, 1.165) is 16.6 Å². The average Bonchev–Trinajstić information content (AvgIpc) is 2.81. The molecule has 1 aromatic heterocycles. The maximum Gasteiger partial charge on any atom is 0.0522 e. The molecule has 1 atom stereocenters. The Morgan fingerprint density at radius 3 is 2.89 bits per heavy atom. The van der Waals surface area contributed by atoms with Gasteiger partial charge in [-0.25, -0.2) is 0 Å². The summed E-state index contributed by atoms with van der Waals surface area (Å²) in [4.78, 5) is 1.23. The molecule has 0 spiro atoms. The number of hydrogen-bond donors (Lipinski definition) is 2. The Morgan fingerprint density at radius 1 is 1.47 bits per heavy atom. The van der Waals surface area contributed by atoms with E-state index in [1.165, 1.54) is 10.5 Å². The second-order valence-electron chi connectivity index (χ2n) is 4.33. The highest BCUT2D eigenvalue weighted by molar-refractivity contribution is 9.10. The van der Waals surface area contributed by atoms with E-state index in [9.17, 15) is 0 Å². The number of hydrazine groups is 1. The Bertz CT molecular complexity index is 529. The maximum atomic E-state index is 5.63. The molecule has 4 nitrogen and oxygen atoms in total. The zero-order chi connectivity index (χ0) is 13.7. The third-order valence-corrected chi connectivity index (χ3v) is 4.94. The highest BCUT2D eigenvalue weighted by atomic mass is 79.9. The van der Waals surface area contributed by atoms with Gasteiger partial charge in [-0.2, -0.15) is 5.10 Å². The zero-order valence-electron chi connectivity index (χ0n) is 10.7. The Hall–Kier alpha value is -0.820. The predicted octanol–water partition coefficient (Wildman–Crippen LogP) is 2.35. The van der Waals surface area contributed by atoms with E-state index in [0.29, 0.717) is 0 Å². The van der Waals surface area contributed by atoms with Crippen LogP contribution in [0.4, 0.5) is 0 Å². The van der Waals surface area contributed by atoms with Gasteiger partial charge in [0.15, 0.2) is 0 Å². The summed E-state index contributed by atoms with van der Waals surface area (Å²) in [6, 6.07) is 8.43. The Kier molecular flexibility index (Phi) is 5.45. The van der Waals surface area contributed by atoms with Gasteiger partial charge in [0.05, 0.1) is 6.20 Å². The minimum absolute atomic E-state index is 0.223. The van der Waals surface area contributed by atoms with Crippen LogP contribution >= 0.6 is 27.7 Å². The lowest BCUT2D eigenvalue weighted by molar-refractivity contribution is 0.575. The molecule has 0 aliphatic rings. The van der Waals surface area contributed by atoms with Gasteiger partial charge in [0.2, 0.25) is 0 Å². The molecule has 102 valence electrons. The highest BCUT2D eigenvalue weighted by Gasteiger charge is 2.10. The number of benzene rings is 1. The third kappa shape index (κ3) is 4.35. The summed E-state index contributed by atoms with van der Waals surface area (Å²) in [5.41, 5.74) is 4.07. The molecular weight excluding hydrogens is 324 g/mol. The number of nitrogens with one attached hydrogen (secondary N) is 1. The summed E-state index contributed by atoms with van der Waals surface area (Å²) in [5.74, 6) is 6.54. The van der Waals surface area contributed by atoms with Crippen LogP contribution in [0.5, 0.6) is 0 Å². The lowest BCUT2D eigenvalue weighted by Crippen LogP contribution is -2.38. The molecule has 0 saturated carbocycles. The number of thioether (sulfide) groups is 1. The molecule has 0 radical (unpaired) electrons. The van der Waals surface area contributed by atoms with Crippen molar-refractivity contribution in [1.29, 1.82) is 0 Å². The van der Waals surface area contributed by atoms with Gasteiger partial charge in [-0.05, 0) is 40.0 Å². The number of aryl methyl sites for hydroxylation is 1. The monoisotopic (exact) mass is 340 g/mol. The van der Waals surface area contributed by atoms with E-state index < -0.39 is 0 Å². The second kappa shape index (κ2) is 7.09. The molecule has 0 saturated heterocycles. The fourth-order valence-electron chi connectivity index (χ4n) is 1.78. The topological polar surface area (TPSA) is 55.9 Å². The predicted molar refractivity (Wildman–Crippen MR) is 82.9 cm³/mol. The lowest BCUT2D eigenvalue weighted by Gasteiger charge is -2.14. The maximum absolute atomic E-state index is 5.63. The van der Waals surface area contributed by atoms with Crippen LogP contribution in [0.2, 0.25) is 0 Å². The Labute approximate surface area is 125 Å². The first-order chi connectivity index (χ1) is 9.19. The van der Waals surface area contributed by atoms with Gasteiger partial charge in [-0.1, -0.05) is 12.1 Å². The summed E-state index contributed by atoms with van der Waals surface area (Å²) >= 11 is 5.34. The summed E-state index contributed by atoms with van der Waals surface area (Å²) in [5, 5.41) is 4.17. The lowest BCUT2D eigenvalue weighted by atomic mass is 10.1. The van der Waals surface area contributed by atoms with Gasteiger partial charge in [-0.15, -0.1) is 11.8 Å². The minimum Gasteiger partial charge on any atom is -0.276 e. The van der Waals surface area contributed by atoms with E-state index in [1.54, 1.807) is 11.8 Å². The van der Waals surface area contributed by atoms with E-state index >= 15 is 0 Å². The number of hydrogen-bond acceptors (Lipinski definition) is 4. The van der Waals surface area contributed by atoms with Crippen molar-refractivity contribution < 1.29 is 0 Å². The third-order valence-electron chi connectivity index (χ3n) is 2.75. The molecule has 19 heavy (non-hydrogen) atoms. The summed E-state index contributed by atoms with van der Waals surface area (Å²) in [6.45, 7) is 0. The van der Waals surface area contributed by atoms with Crippen molar-refractivity contribution in [3.63, 3.8) is 0 Å². The second-order valence-corrected chi connectivity index (χ2v) is 6.25. The number of rotatable bonds is 6. The first-order valence-electron chi connectivity index (χ1n) is 6.00. The highest BCUT2D eigenvalue weighted by Crippen LogP contribution is 2.27. The summed E-state index contributed by atoms with van der Waals surface area (Å²) in [7, 11) is 1.92. The van der Waals surface area contributed by atoms with E-state index in [1.807, 2.05) is 42.3 Å². The van der Waals surface area contributed by atoms with E-state index in [4.69, 9.17) is 5.84 Å². The first kappa shape index (κ1) is 14.6. The van der Waals surface area contributed by atoms with Crippen LogP contribution < -0.4 is 11.3 Å². The van der Waals surface area contributed by atoms with Gasteiger partial charge >= 0.3 is 0 Å². The van der Waals surface area contributed by atoms with Gasteiger partial charge < -0.3 is 0 Å². The van der Waals surface area contributed by atoms with Crippen molar-refractivity contribution in [2.75, 3.05) is 5.75 Å².